The maximum atomic E-state index is 14.4. The normalized spacial score (nSPS) is 11.5. The van der Waals surface area contributed by atoms with E-state index in [-0.39, 0.29) is 17.7 Å². The van der Waals surface area contributed by atoms with Gasteiger partial charge in [-0.2, -0.15) is 5.26 Å². The van der Waals surface area contributed by atoms with Gasteiger partial charge < -0.3 is 14.8 Å². The standard InChI is InChI=1S/C27H22F2N2O3/c1-27(2,11-12-30)25-21(13-16-3-5-17(6-4-16)26(33)34)24-22(14-19(29)15-23(24)32)31(25)20-9-7-18(28)8-10-20/h3-10,14-15,32H,11,13H2,1-2H3,(H,33,34). The number of nitrogens with zero attached hydrogens (tertiary/aromatic N) is 2. The Bertz CT molecular complexity index is 1430. The summed E-state index contributed by atoms with van der Waals surface area (Å²) in [5.41, 5.74) is 2.51. The summed E-state index contributed by atoms with van der Waals surface area (Å²) in [4.78, 5) is 11.2. The van der Waals surface area contributed by atoms with E-state index < -0.39 is 23.0 Å². The number of carboxylic acid groups (broad SMARTS) is 1. The van der Waals surface area contributed by atoms with Crippen molar-refractivity contribution >= 4 is 16.9 Å². The van der Waals surface area contributed by atoms with Gasteiger partial charge in [0.25, 0.3) is 0 Å². The van der Waals surface area contributed by atoms with Gasteiger partial charge in [-0.05, 0) is 53.6 Å². The van der Waals surface area contributed by atoms with Gasteiger partial charge in [-0.25, -0.2) is 13.6 Å². The number of rotatable bonds is 6. The fourth-order valence-electron chi connectivity index (χ4n) is 4.43. The largest absolute Gasteiger partial charge is 0.507 e. The van der Waals surface area contributed by atoms with Crippen LogP contribution in [0.4, 0.5) is 8.78 Å². The smallest absolute Gasteiger partial charge is 0.335 e. The SMILES string of the molecule is CC(C)(CC#N)c1c(Cc2ccc(C(=O)O)cc2)c2c(O)cc(F)cc2n1-c1ccc(F)cc1. The van der Waals surface area contributed by atoms with Gasteiger partial charge in [-0.3, -0.25) is 0 Å². The number of phenols is 1. The molecule has 0 radical (unpaired) electrons. The second kappa shape index (κ2) is 8.64. The Hall–Kier alpha value is -4.18. The van der Waals surface area contributed by atoms with E-state index in [2.05, 4.69) is 6.07 Å². The van der Waals surface area contributed by atoms with Crippen molar-refractivity contribution in [2.45, 2.75) is 32.1 Å². The second-order valence-electron chi connectivity index (χ2n) is 8.86. The Balaban J connectivity index is 2.06. The molecule has 0 aliphatic heterocycles. The van der Waals surface area contributed by atoms with Gasteiger partial charge in [0.05, 0.1) is 17.1 Å². The zero-order chi connectivity index (χ0) is 24.6. The molecule has 3 aromatic carbocycles. The third-order valence-corrected chi connectivity index (χ3v) is 5.94. The van der Waals surface area contributed by atoms with Gasteiger partial charge in [-0.1, -0.05) is 26.0 Å². The van der Waals surface area contributed by atoms with Gasteiger partial charge >= 0.3 is 5.97 Å². The first-order valence-corrected chi connectivity index (χ1v) is 10.6. The number of fused-ring (bicyclic) bond motifs is 1. The number of hydrogen-bond acceptors (Lipinski definition) is 3. The molecule has 0 amide bonds. The highest BCUT2D eigenvalue weighted by Crippen LogP contribution is 2.43. The van der Waals surface area contributed by atoms with E-state index >= 15 is 0 Å². The lowest BCUT2D eigenvalue weighted by molar-refractivity contribution is 0.0697. The molecule has 0 aliphatic carbocycles. The number of phenolic OH excluding ortho intramolecular Hbond substituents is 1. The van der Waals surface area contributed by atoms with Crippen LogP contribution in [0.3, 0.4) is 0 Å². The number of carboxylic acids is 1. The molecule has 2 N–H and O–H groups in total. The second-order valence-corrected chi connectivity index (χ2v) is 8.86. The van der Waals surface area contributed by atoms with Crippen molar-refractivity contribution in [3.8, 4) is 17.5 Å². The summed E-state index contributed by atoms with van der Waals surface area (Å²) in [5.74, 6) is -2.34. The Morgan fingerprint density at radius 2 is 1.68 bits per heavy atom. The van der Waals surface area contributed by atoms with Crippen molar-refractivity contribution in [3.05, 3.63) is 94.7 Å². The van der Waals surface area contributed by atoms with E-state index in [1.165, 1.54) is 30.3 Å². The number of aromatic carboxylic acids is 1. The van der Waals surface area contributed by atoms with Crippen molar-refractivity contribution in [3.63, 3.8) is 0 Å². The highest BCUT2D eigenvalue weighted by molar-refractivity contribution is 5.93. The quantitative estimate of drug-likeness (QED) is 0.364. The first-order chi connectivity index (χ1) is 16.1. The average Bonchev–Trinajstić information content (AvgIpc) is 3.09. The van der Waals surface area contributed by atoms with Crippen LogP contribution in [-0.4, -0.2) is 20.7 Å². The summed E-state index contributed by atoms with van der Waals surface area (Å²) in [6.07, 6.45) is 0.437. The number of benzene rings is 3. The van der Waals surface area contributed by atoms with Crippen molar-refractivity contribution in [1.82, 2.24) is 4.57 Å². The molecular formula is C27H22F2N2O3. The van der Waals surface area contributed by atoms with Crippen LogP contribution in [0.1, 0.15) is 47.4 Å². The minimum Gasteiger partial charge on any atom is -0.507 e. The van der Waals surface area contributed by atoms with E-state index in [9.17, 15) is 29.1 Å². The molecule has 4 rings (SSSR count). The van der Waals surface area contributed by atoms with Crippen LogP contribution in [-0.2, 0) is 11.8 Å². The molecule has 5 nitrogen and oxygen atoms in total. The molecule has 7 heteroatoms. The van der Waals surface area contributed by atoms with Gasteiger partial charge in [0.2, 0.25) is 0 Å². The number of aromatic hydroxyl groups is 1. The first-order valence-electron chi connectivity index (χ1n) is 10.6. The molecule has 0 spiro atoms. The summed E-state index contributed by atoms with van der Waals surface area (Å²) in [5, 5.41) is 29.9. The zero-order valence-corrected chi connectivity index (χ0v) is 18.6. The summed E-state index contributed by atoms with van der Waals surface area (Å²) >= 11 is 0. The zero-order valence-electron chi connectivity index (χ0n) is 18.6. The molecule has 0 bridgehead atoms. The van der Waals surface area contributed by atoms with Crippen molar-refractivity contribution in [2.75, 3.05) is 0 Å². The molecular weight excluding hydrogens is 438 g/mol. The highest BCUT2D eigenvalue weighted by atomic mass is 19.1. The van der Waals surface area contributed by atoms with Crippen LogP contribution >= 0.6 is 0 Å². The van der Waals surface area contributed by atoms with E-state index in [1.807, 2.05) is 13.8 Å². The van der Waals surface area contributed by atoms with Crippen molar-refractivity contribution < 1.29 is 23.8 Å². The molecule has 0 fully saturated rings. The summed E-state index contributed by atoms with van der Waals surface area (Å²) in [6, 6.07) is 16.6. The summed E-state index contributed by atoms with van der Waals surface area (Å²) in [6.45, 7) is 3.77. The maximum absolute atomic E-state index is 14.4. The number of aromatic nitrogens is 1. The molecule has 172 valence electrons. The van der Waals surface area contributed by atoms with E-state index in [1.54, 1.807) is 28.8 Å². The van der Waals surface area contributed by atoms with Crippen LogP contribution in [0, 0.1) is 23.0 Å². The first kappa shape index (κ1) is 23.0. The molecule has 0 saturated carbocycles. The van der Waals surface area contributed by atoms with E-state index in [0.29, 0.717) is 34.3 Å². The number of carbonyl (C=O) groups is 1. The number of halogens is 2. The Morgan fingerprint density at radius 1 is 1.03 bits per heavy atom. The highest BCUT2D eigenvalue weighted by Gasteiger charge is 2.32. The number of nitriles is 1. The Labute approximate surface area is 195 Å². The summed E-state index contributed by atoms with van der Waals surface area (Å²) in [7, 11) is 0. The lowest BCUT2D eigenvalue weighted by atomic mass is 9.82. The third kappa shape index (κ3) is 4.11. The molecule has 0 unspecified atom stereocenters. The maximum Gasteiger partial charge on any atom is 0.335 e. The minimum absolute atomic E-state index is 0.138. The van der Waals surface area contributed by atoms with E-state index in [4.69, 9.17) is 0 Å². The predicted molar refractivity (Wildman–Crippen MR) is 124 cm³/mol. The van der Waals surface area contributed by atoms with Crippen LogP contribution in [0.5, 0.6) is 5.75 Å². The van der Waals surface area contributed by atoms with Crippen LogP contribution < -0.4 is 0 Å². The topological polar surface area (TPSA) is 86.2 Å². The Kier molecular flexibility index (Phi) is 5.84. The monoisotopic (exact) mass is 460 g/mol. The van der Waals surface area contributed by atoms with Crippen LogP contribution in [0.25, 0.3) is 16.6 Å². The summed E-state index contributed by atoms with van der Waals surface area (Å²) < 4.78 is 29.9. The van der Waals surface area contributed by atoms with Gasteiger partial charge in [0.1, 0.15) is 17.4 Å². The average molecular weight is 460 g/mol. The van der Waals surface area contributed by atoms with Gasteiger partial charge in [-0.15, -0.1) is 0 Å². The van der Waals surface area contributed by atoms with Crippen molar-refractivity contribution in [2.24, 2.45) is 0 Å². The molecule has 0 atom stereocenters. The fourth-order valence-corrected chi connectivity index (χ4v) is 4.43. The predicted octanol–water partition coefficient (Wildman–Crippen LogP) is 6.09. The number of hydrogen-bond donors (Lipinski definition) is 2. The van der Waals surface area contributed by atoms with Crippen molar-refractivity contribution in [1.29, 1.82) is 5.26 Å². The van der Waals surface area contributed by atoms with Gasteiger partial charge in [0.15, 0.2) is 0 Å². The van der Waals surface area contributed by atoms with Crippen LogP contribution in [0.2, 0.25) is 0 Å². The van der Waals surface area contributed by atoms with Crippen LogP contribution in [0.15, 0.2) is 60.7 Å². The Morgan fingerprint density at radius 3 is 2.26 bits per heavy atom. The third-order valence-electron chi connectivity index (χ3n) is 5.94. The minimum atomic E-state index is -1.04. The lowest BCUT2D eigenvalue weighted by Gasteiger charge is -2.26. The van der Waals surface area contributed by atoms with Gasteiger partial charge in [0, 0.05) is 41.1 Å². The molecule has 0 saturated heterocycles. The molecule has 1 aromatic heterocycles. The molecule has 0 aliphatic rings. The molecule has 34 heavy (non-hydrogen) atoms. The molecule has 4 aromatic rings. The molecule has 1 heterocycles. The lowest BCUT2D eigenvalue weighted by Crippen LogP contribution is -2.22. The fraction of sp³-hybridized carbons (Fsp3) is 0.185. The van der Waals surface area contributed by atoms with E-state index in [0.717, 1.165) is 11.6 Å².